The highest BCUT2D eigenvalue weighted by atomic mass is 16.4. The van der Waals surface area contributed by atoms with E-state index in [0.29, 0.717) is 5.82 Å². The molecule has 2 aromatic rings. The number of aromatic amines is 1. The molecule has 1 aliphatic carbocycles. The molecule has 0 unspecified atom stereocenters. The van der Waals surface area contributed by atoms with E-state index in [2.05, 4.69) is 32.6 Å². The molecule has 1 amide bonds. The van der Waals surface area contributed by atoms with Crippen molar-refractivity contribution in [1.82, 2.24) is 20.5 Å². The summed E-state index contributed by atoms with van der Waals surface area (Å²) in [5.74, 6) is -0.411. The van der Waals surface area contributed by atoms with Crippen molar-refractivity contribution >= 4 is 11.9 Å². The highest BCUT2D eigenvalue weighted by Crippen LogP contribution is 2.27. The van der Waals surface area contributed by atoms with Crippen LogP contribution >= 0.6 is 0 Å². The third-order valence-corrected chi connectivity index (χ3v) is 4.04. The summed E-state index contributed by atoms with van der Waals surface area (Å²) in [5.41, 5.74) is 2.45. The minimum atomic E-state index is -0.979. The van der Waals surface area contributed by atoms with E-state index >= 15 is 0 Å². The third-order valence-electron chi connectivity index (χ3n) is 4.04. The fourth-order valence-corrected chi connectivity index (χ4v) is 2.87. The Kier molecular flexibility index (Phi) is 4.10. The maximum absolute atomic E-state index is 12.4. The maximum atomic E-state index is 12.4. The average Bonchev–Trinajstić information content (AvgIpc) is 3.12. The standard InChI is InChI=1S/C16H18N4O3/c1-9(15-18-13(19-20-15)8-14(21)22)17-16(23)12-6-10-4-2-3-5-11(10)7-12/h2-5,9,12H,6-8H2,1H3,(H,17,23)(H,21,22)(H,18,19,20)/t9-/m0/s1. The van der Waals surface area contributed by atoms with Crippen molar-refractivity contribution in [3.8, 4) is 0 Å². The van der Waals surface area contributed by atoms with Gasteiger partial charge in [-0.3, -0.25) is 14.7 Å². The number of hydrogen-bond acceptors (Lipinski definition) is 4. The zero-order valence-corrected chi connectivity index (χ0v) is 12.7. The molecule has 1 aliphatic rings. The van der Waals surface area contributed by atoms with Crippen LogP contribution in [0.15, 0.2) is 24.3 Å². The van der Waals surface area contributed by atoms with Crippen LogP contribution in [0.2, 0.25) is 0 Å². The van der Waals surface area contributed by atoms with Gasteiger partial charge in [0.2, 0.25) is 5.91 Å². The van der Waals surface area contributed by atoms with Crippen LogP contribution < -0.4 is 5.32 Å². The van der Waals surface area contributed by atoms with E-state index in [1.807, 2.05) is 12.1 Å². The van der Waals surface area contributed by atoms with Crippen LogP contribution in [0.1, 0.15) is 35.7 Å². The SMILES string of the molecule is C[C@H](NC(=O)C1Cc2ccccc2C1)c1n[nH]c(CC(=O)O)n1. The summed E-state index contributed by atoms with van der Waals surface area (Å²) in [5, 5.41) is 18.2. The van der Waals surface area contributed by atoms with E-state index in [1.165, 1.54) is 11.1 Å². The molecule has 1 atom stereocenters. The van der Waals surface area contributed by atoms with Gasteiger partial charge in [0, 0.05) is 5.92 Å². The number of nitrogens with zero attached hydrogens (tertiary/aromatic N) is 2. The Balaban J connectivity index is 1.60. The molecule has 1 heterocycles. The van der Waals surface area contributed by atoms with Gasteiger partial charge < -0.3 is 10.4 Å². The molecule has 0 fully saturated rings. The molecule has 1 aromatic heterocycles. The van der Waals surface area contributed by atoms with Crippen LogP contribution in [-0.2, 0) is 28.9 Å². The normalized spacial score (nSPS) is 15.2. The predicted molar refractivity (Wildman–Crippen MR) is 81.6 cm³/mol. The molecule has 23 heavy (non-hydrogen) atoms. The Morgan fingerprint density at radius 2 is 2.00 bits per heavy atom. The first-order valence-corrected chi connectivity index (χ1v) is 7.53. The molecule has 120 valence electrons. The van der Waals surface area contributed by atoms with Crippen LogP contribution in [0.4, 0.5) is 0 Å². The second-order valence-electron chi connectivity index (χ2n) is 5.81. The summed E-state index contributed by atoms with van der Waals surface area (Å²) in [6.07, 6.45) is 1.27. The molecule has 1 aromatic carbocycles. The minimum Gasteiger partial charge on any atom is -0.481 e. The van der Waals surface area contributed by atoms with Gasteiger partial charge >= 0.3 is 5.97 Å². The number of aromatic nitrogens is 3. The molecule has 0 aliphatic heterocycles. The monoisotopic (exact) mass is 314 g/mol. The molecule has 3 rings (SSSR count). The van der Waals surface area contributed by atoms with Gasteiger partial charge in [0.15, 0.2) is 5.82 Å². The molecular weight excluding hydrogens is 296 g/mol. The van der Waals surface area contributed by atoms with E-state index in [0.717, 1.165) is 12.8 Å². The summed E-state index contributed by atoms with van der Waals surface area (Å²) in [6.45, 7) is 1.79. The molecule has 7 heteroatoms. The van der Waals surface area contributed by atoms with Crippen molar-refractivity contribution in [1.29, 1.82) is 0 Å². The number of carboxylic acid groups (broad SMARTS) is 1. The summed E-state index contributed by atoms with van der Waals surface area (Å²) in [7, 11) is 0. The summed E-state index contributed by atoms with van der Waals surface area (Å²) in [4.78, 5) is 27.2. The second-order valence-corrected chi connectivity index (χ2v) is 5.81. The lowest BCUT2D eigenvalue weighted by Gasteiger charge is -2.14. The Labute approximate surface area is 133 Å². The largest absolute Gasteiger partial charge is 0.481 e. The van der Waals surface area contributed by atoms with Gasteiger partial charge in [-0.05, 0) is 30.9 Å². The Bertz CT molecular complexity index is 715. The Morgan fingerprint density at radius 1 is 1.35 bits per heavy atom. The number of H-pyrrole nitrogens is 1. The number of rotatable bonds is 5. The van der Waals surface area contributed by atoms with Gasteiger partial charge in [0.05, 0.1) is 6.04 Å². The van der Waals surface area contributed by atoms with Crippen molar-refractivity contribution in [3.05, 3.63) is 47.0 Å². The van der Waals surface area contributed by atoms with Crippen molar-refractivity contribution in [3.63, 3.8) is 0 Å². The minimum absolute atomic E-state index is 0.0294. The van der Waals surface area contributed by atoms with E-state index in [9.17, 15) is 9.59 Å². The summed E-state index contributed by atoms with van der Waals surface area (Å²) < 4.78 is 0. The van der Waals surface area contributed by atoms with Crippen LogP contribution in [0.3, 0.4) is 0 Å². The fourth-order valence-electron chi connectivity index (χ4n) is 2.87. The van der Waals surface area contributed by atoms with E-state index < -0.39 is 5.97 Å². The average molecular weight is 314 g/mol. The zero-order valence-electron chi connectivity index (χ0n) is 12.7. The van der Waals surface area contributed by atoms with Crippen molar-refractivity contribution in [2.75, 3.05) is 0 Å². The quantitative estimate of drug-likeness (QED) is 0.764. The Morgan fingerprint density at radius 3 is 2.61 bits per heavy atom. The number of carbonyl (C=O) groups excluding carboxylic acids is 1. The van der Waals surface area contributed by atoms with Crippen LogP contribution in [0, 0.1) is 5.92 Å². The van der Waals surface area contributed by atoms with Gasteiger partial charge in [-0.15, -0.1) is 0 Å². The number of benzene rings is 1. The Hall–Kier alpha value is -2.70. The highest BCUT2D eigenvalue weighted by Gasteiger charge is 2.28. The molecular formula is C16H18N4O3. The molecule has 3 N–H and O–H groups in total. The second kappa shape index (κ2) is 6.20. The van der Waals surface area contributed by atoms with Gasteiger partial charge in [0.1, 0.15) is 12.2 Å². The van der Waals surface area contributed by atoms with Gasteiger partial charge in [-0.25, -0.2) is 4.98 Å². The molecule has 0 saturated heterocycles. The maximum Gasteiger partial charge on any atom is 0.311 e. The first-order valence-electron chi connectivity index (χ1n) is 7.53. The molecule has 0 radical (unpaired) electrons. The zero-order chi connectivity index (χ0) is 16.4. The molecule has 0 saturated carbocycles. The van der Waals surface area contributed by atoms with Crippen LogP contribution in [-0.4, -0.2) is 32.2 Å². The van der Waals surface area contributed by atoms with E-state index in [-0.39, 0.29) is 30.1 Å². The van der Waals surface area contributed by atoms with Crippen molar-refractivity contribution in [2.24, 2.45) is 5.92 Å². The van der Waals surface area contributed by atoms with E-state index in [1.54, 1.807) is 6.92 Å². The van der Waals surface area contributed by atoms with Crippen LogP contribution in [0.5, 0.6) is 0 Å². The highest BCUT2D eigenvalue weighted by molar-refractivity contribution is 5.80. The number of fused-ring (bicyclic) bond motifs is 1. The third kappa shape index (κ3) is 3.39. The van der Waals surface area contributed by atoms with Gasteiger partial charge in [-0.2, -0.15) is 5.10 Å². The topological polar surface area (TPSA) is 108 Å². The van der Waals surface area contributed by atoms with Crippen molar-refractivity contribution in [2.45, 2.75) is 32.2 Å². The summed E-state index contributed by atoms with van der Waals surface area (Å²) >= 11 is 0. The first kappa shape index (κ1) is 15.2. The van der Waals surface area contributed by atoms with Crippen LogP contribution in [0.25, 0.3) is 0 Å². The first-order chi connectivity index (χ1) is 11.0. The lowest BCUT2D eigenvalue weighted by molar-refractivity contribution is -0.136. The smallest absolute Gasteiger partial charge is 0.311 e. The van der Waals surface area contributed by atoms with Crippen molar-refractivity contribution < 1.29 is 14.7 Å². The van der Waals surface area contributed by atoms with E-state index in [4.69, 9.17) is 5.11 Å². The molecule has 0 bridgehead atoms. The molecule has 0 spiro atoms. The number of carboxylic acids is 1. The fraction of sp³-hybridized carbons (Fsp3) is 0.375. The predicted octanol–water partition coefficient (Wildman–Crippen LogP) is 1.02. The number of carbonyl (C=O) groups is 2. The van der Waals surface area contributed by atoms with Gasteiger partial charge in [-0.1, -0.05) is 24.3 Å². The number of nitrogens with one attached hydrogen (secondary N) is 2. The molecule has 7 nitrogen and oxygen atoms in total. The summed E-state index contributed by atoms with van der Waals surface area (Å²) in [6, 6.07) is 7.71. The number of aliphatic carboxylic acids is 1. The number of amides is 1. The van der Waals surface area contributed by atoms with Gasteiger partial charge in [0.25, 0.3) is 0 Å². The lowest BCUT2D eigenvalue weighted by atomic mass is 10.1. The lowest BCUT2D eigenvalue weighted by Crippen LogP contribution is -2.33. The number of hydrogen-bond donors (Lipinski definition) is 3.